The summed E-state index contributed by atoms with van der Waals surface area (Å²) in [5, 5.41) is 0. The molecule has 3 atom stereocenters. The van der Waals surface area contributed by atoms with Gasteiger partial charge in [0, 0.05) is 25.7 Å². The number of benzene rings is 1. The van der Waals surface area contributed by atoms with Gasteiger partial charge in [-0.25, -0.2) is 0 Å². The van der Waals surface area contributed by atoms with E-state index in [0.29, 0.717) is 6.54 Å². The van der Waals surface area contributed by atoms with E-state index in [2.05, 4.69) is 43.9 Å². The molecule has 0 saturated carbocycles. The Balaban J connectivity index is 2.12. The monoisotopic (exact) mass is 292 g/mol. The molecule has 1 aromatic rings. The molecule has 1 aromatic carbocycles. The fourth-order valence-electron chi connectivity index (χ4n) is 3.00. The van der Waals surface area contributed by atoms with Crippen molar-refractivity contribution in [2.45, 2.75) is 45.4 Å². The fourth-order valence-corrected chi connectivity index (χ4v) is 3.00. The zero-order valence-corrected chi connectivity index (χ0v) is 13.4. The van der Waals surface area contributed by atoms with Gasteiger partial charge in [-0.1, -0.05) is 19.1 Å². The Hall–Kier alpha value is -1.10. The number of morpholine rings is 1. The molecule has 0 amide bonds. The van der Waals surface area contributed by atoms with E-state index in [4.69, 9.17) is 15.2 Å². The number of hydrogen-bond acceptors (Lipinski definition) is 4. The van der Waals surface area contributed by atoms with Crippen molar-refractivity contribution in [1.82, 2.24) is 4.90 Å². The van der Waals surface area contributed by atoms with Gasteiger partial charge in [-0.05, 0) is 38.0 Å². The minimum absolute atomic E-state index is 0.226. The van der Waals surface area contributed by atoms with Crippen LogP contribution in [-0.4, -0.2) is 43.3 Å². The first-order chi connectivity index (χ1) is 10.1. The zero-order chi connectivity index (χ0) is 15.2. The normalized spacial score (nSPS) is 24.8. The molecule has 4 heteroatoms. The Morgan fingerprint density at radius 2 is 2.05 bits per heavy atom. The Bertz CT molecular complexity index is 429. The molecular weight excluding hydrogens is 264 g/mol. The molecule has 1 saturated heterocycles. The molecule has 118 valence electrons. The van der Waals surface area contributed by atoms with E-state index < -0.39 is 0 Å². The molecule has 2 rings (SSSR count). The molecule has 0 aromatic heterocycles. The van der Waals surface area contributed by atoms with Crippen LogP contribution in [0.5, 0.6) is 5.75 Å². The van der Waals surface area contributed by atoms with E-state index in [9.17, 15) is 0 Å². The van der Waals surface area contributed by atoms with E-state index in [1.54, 1.807) is 0 Å². The van der Waals surface area contributed by atoms with Crippen molar-refractivity contribution in [3.8, 4) is 5.75 Å². The standard InChI is InChI=1S/C17H28N2O2/c1-4-8-20-16-7-5-6-15(9-16)17(10-18)19-11-13(2)21-14(3)12-19/h5-7,9,13-14,17H,4,8,10-12,18H2,1-3H3/t13-,14+,17?. The fraction of sp³-hybridized carbons (Fsp3) is 0.647. The van der Waals surface area contributed by atoms with Gasteiger partial charge in [0.25, 0.3) is 0 Å². The summed E-state index contributed by atoms with van der Waals surface area (Å²) in [6.07, 6.45) is 1.52. The maximum absolute atomic E-state index is 6.05. The summed E-state index contributed by atoms with van der Waals surface area (Å²) in [5.74, 6) is 0.933. The third-order valence-corrected chi connectivity index (χ3v) is 3.83. The number of ether oxygens (including phenoxy) is 2. The average molecular weight is 292 g/mol. The van der Waals surface area contributed by atoms with Crippen LogP contribution in [0.3, 0.4) is 0 Å². The summed E-state index contributed by atoms with van der Waals surface area (Å²) in [5.41, 5.74) is 7.28. The molecular formula is C17H28N2O2. The quantitative estimate of drug-likeness (QED) is 0.875. The molecule has 1 aliphatic heterocycles. The van der Waals surface area contributed by atoms with Crippen molar-refractivity contribution in [1.29, 1.82) is 0 Å². The Kier molecular flexibility index (Phi) is 6.03. The Morgan fingerprint density at radius 1 is 1.33 bits per heavy atom. The van der Waals surface area contributed by atoms with Gasteiger partial charge in [0.1, 0.15) is 5.75 Å². The predicted octanol–water partition coefficient (Wildman–Crippen LogP) is 2.58. The first kappa shape index (κ1) is 16.3. The lowest BCUT2D eigenvalue weighted by atomic mass is 10.0. The average Bonchev–Trinajstić information content (AvgIpc) is 2.45. The minimum Gasteiger partial charge on any atom is -0.494 e. The van der Waals surface area contributed by atoms with Crippen LogP contribution in [0.15, 0.2) is 24.3 Å². The summed E-state index contributed by atoms with van der Waals surface area (Å²) >= 11 is 0. The highest BCUT2D eigenvalue weighted by Crippen LogP contribution is 2.26. The van der Waals surface area contributed by atoms with Gasteiger partial charge in [0.15, 0.2) is 0 Å². The molecule has 0 bridgehead atoms. The maximum Gasteiger partial charge on any atom is 0.119 e. The summed E-state index contributed by atoms with van der Waals surface area (Å²) in [4.78, 5) is 2.43. The van der Waals surface area contributed by atoms with E-state index in [1.807, 2.05) is 6.07 Å². The highest BCUT2D eigenvalue weighted by molar-refractivity contribution is 5.31. The molecule has 1 fully saturated rings. The summed E-state index contributed by atoms with van der Waals surface area (Å²) in [7, 11) is 0. The van der Waals surface area contributed by atoms with Gasteiger partial charge < -0.3 is 15.2 Å². The van der Waals surface area contributed by atoms with Crippen molar-refractivity contribution in [3.05, 3.63) is 29.8 Å². The van der Waals surface area contributed by atoms with E-state index in [-0.39, 0.29) is 18.2 Å². The first-order valence-electron chi connectivity index (χ1n) is 7.96. The third kappa shape index (κ3) is 4.43. The van der Waals surface area contributed by atoms with Gasteiger partial charge in [0.05, 0.1) is 18.8 Å². The van der Waals surface area contributed by atoms with Gasteiger partial charge >= 0.3 is 0 Å². The van der Waals surface area contributed by atoms with Crippen molar-refractivity contribution in [3.63, 3.8) is 0 Å². The van der Waals surface area contributed by atoms with E-state index >= 15 is 0 Å². The topological polar surface area (TPSA) is 47.7 Å². The van der Waals surface area contributed by atoms with Crippen LogP contribution in [-0.2, 0) is 4.74 Å². The van der Waals surface area contributed by atoms with Crippen LogP contribution in [0.25, 0.3) is 0 Å². The summed E-state index contributed by atoms with van der Waals surface area (Å²) in [6, 6.07) is 8.55. The van der Waals surface area contributed by atoms with Crippen LogP contribution >= 0.6 is 0 Å². The van der Waals surface area contributed by atoms with Crippen LogP contribution in [0.2, 0.25) is 0 Å². The van der Waals surface area contributed by atoms with E-state index in [1.165, 1.54) is 5.56 Å². The van der Waals surface area contributed by atoms with Crippen LogP contribution < -0.4 is 10.5 Å². The number of nitrogens with two attached hydrogens (primary N) is 1. The minimum atomic E-state index is 0.226. The van der Waals surface area contributed by atoms with Crippen molar-refractivity contribution in [2.75, 3.05) is 26.2 Å². The highest BCUT2D eigenvalue weighted by atomic mass is 16.5. The zero-order valence-electron chi connectivity index (χ0n) is 13.4. The second kappa shape index (κ2) is 7.78. The largest absolute Gasteiger partial charge is 0.494 e. The molecule has 0 spiro atoms. The van der Waals surface area contributed by atoms with Crippen molar-refractivity contribution >= 4 is 0 Å². The molecule has 0 radical (unpaired) electrons. The number of nitrogens with zero attached hydrogens (tertiary/aromatic N) is 1. The Labute approximate surface area is 128 Å². The van der Waals surface area contributed by atoms with Crippen LogP contribution in [0, 0.1) is 0 Å². The number of hydrogen-bond donors (Lipinski definition) is 1. The lowest BCUT2D eigenvalue weighted by Crippen LogP contribution is -2.48. The highest BCUT2D eigenvalue weighted by Gasteiger charge is 2.28. The SMILES string of the molecule is CCCOc1cccc(C(CN)N2C[C@@H](C)O[C@@H](C)C2)c1. The summed E-state index contributed by atoms with van der Waals surface area (Å²) in [6.45, 7) is 9.56. The molecule has 1 unspecified atom stereocenters. The molecule has 1 aliphatic rings. The second-order valence-electron chi connectivity index (χ2n) is 5.88. The lowest BCUT2D eigenvalue weighted by Gasteiger charge is -2.40. The molecule has 0 aliphatic carbocycles. The van der Waals surface area contributed by atoms with Gasteiger partial charge in [-0.2, -0.15) is 0 Å². The number of rotatable bonds is 6. The summed E-state index contributed by atoms with van der Waals surface area (Å²) < 4.78 is 11.6. The van der Waals surface area contributed by atoms with Gasteiger partial charge in [-0.15, -0.1) is 0 Å². The molecule has 1 heterocycles. The molecule has 4 nitrogen and oxygen atoms in total. The predicted molar refractivity (Wildman–Crippen MR) is 85.6 cm³/mol. The van der Waals surface area contributed by atoms with Gasteiger partial charge in [0.2, 0.25) is 0 Å². The molecule has 21 heavy (non-hydrogen) atoms. The van der Waals surface area contributed by atoms with Crippen LogP contribution in [0.4, 0.5) is 0 Å². The maximum atomic E-state index is 6.05. The lowest BCUT2D eigenvalue weighted by molar-refractivity contribution is -0.0799. The van der Waals surface area contributed by atoms with Crippen molar-refractivity contribution in [2.24, 2.45) is 5.73 Å². The third-order valence-electron chi connectivity index (χ3n) is 3.83. The first-order valence-corrected chi connectivity index (χ1v) is 7.96. The smallest absolute Gasteiger partial charge is 0.119 e. The molecule has 2 N–H and O–H groups in total. The van der Waals surface area contributed by atoms with Crippen molar-refractivity contribution < 1.29 is 9.47 Å². The van der Waals surface area contributed by atoms with E-state index in [0.717, 1.165) is 31.9 Å². The Morgan fingerprint density at radius 3 is 2.67 bits per heavy atom. The van der Waals surface area contributed by atoms with Gasteiger partial charge in [-0.3, -0.25) is 4.90 Å². The van der Waals surface area contributed by atoms with Crippen LogP contribution in [0.1, 0.15) is 38.8 Å². The second-order valence-corrected chi connectivity index (χ2v) is 5.88.